The van der Waals surface area contributed by atoms with Gasteiger partial charge in [-0.25, -0.2) is 8.78 Å². The molecule has 110 valence electrons. The number of alkyl halides is 2. The summed E-state index contributed by atoms with van der Waals surface area (Å²) in [4.78, 5) is 33.1. The maximum absolute atomic E-state index is 13.1. The molecule has 0 rings (SSSR count). The van der Waals surface area contributed by atoms with Gasteiger partial charge in [0.2, 0.25) is 5.91 Å². The average Bonchev–Trinajstić information content (AvgIpc) is 2.30. The summed E-state index contributed by atoms with van der Waals surface area (Å²) in [6, 6.07) is 0. The van der Waals surface area contributed by atoms with E-state index in [0.717, 1.165) is 6.92 Å². The van der Waals surface area contributed by atoms with Crippen molar-refractivity contribution in [2.45, 2.75) is 31.7 Å². The minimum atomic E-state index is -3.18. The van der Waals surface area contributed by atoms with Crippen molar-refractivity contribution in [2.75, 3.05) is 13.1 Å². The summed E-state index contributed by atoms with van der Waals surface area (Å²) in [6.07, 6.45) is -3.49. The van der Waals surface area contributed by atoms with Crippen LogP contribution >= 0.6 is 0 Å². The van der Waals surface area contributed by atoms with E-state index in [9.17, 15) is 23.2 Å². The molecule has 0 aliphatic rings. The smallest absolute Gasteiger partial charge is 0.322 e. The second-order valence-corrected chi connectivity index (χ2v) is 3.92. The maximum Gasteiger partial charge on any atom is 0.322 e. The van der Waals surface area contributed by atoms with E-state index >= 15 is 0 Å². The van der Waals surface area contributed by atoms with Crippen molar-refractivity contribution >= 4 is 17.8 Å². The van der Waals surface area contributed by atoms with Crippen molar-refractivity contribution in [1.29, 1.82) is 0 Å². The number of carboxylic acids is 1. The third-order valence-corrected chi connectivity index (χ3v) is 2.35. The minimum absolute atomic E-state index is 0.0558. The first kappa shape index (κ1) is 17.2. The standard InChI is InChI=1S/C10H17F2N3O4/c1-6(16)15-10(8(11)12,3-2-4-13)9(19)14-5-7(17)18/h8H,2-5,13H2,1H3,(H,14,19)(H,15,16)(H,17,18). The van der Waals surface area contributed by atoms with E-state index in [0.29, 0.717) is 0 Å². The van der Waals surface area contributed by atoms with E-state index in [4.69, 9.17) is 10.8 Å². The number of aliphatic carboxylic acids is 1. The molecule has 0 radical (unpaired) electrons. The molecule has 0 heterocycles. The Kier molecular flexibility index (Phi) is 6.91. The van der Waals surface area contributed by atoms with Crippen molar-refractivity contribution in [3.8, 4) is 0 Å². The van der Waals surface area contributed by atoms with Gasteiger partial charge in [0.15, 0.2) is 5.54 Å². The van der Waals surface area contributed by atoms with Crippen LogP contribution in [0.15, 0.2) is 0 Å². The molecule has 0 aliphatic heterocycles. The third kappa shape index (κ3) is 5.16. The highest BCUT2D eigenvalue weighted by molar-refractivity contribution is 5.93. The second kappa shape index (κ2) is 7.62. The number of carbonyl (C=O) groups excluding carboxylic acids is 2. The van der Waals surface area contributed by atoms with Crippen LogP contribution in [0.2, 0.25) is 0 Å². The largest absolute Gasteiger partial charge is 0.480 e. The Labute approximate surface area is 108 Å². The monoisotopic (exact) mass is 281 g/mol. The van der Waals surface area contributed by atoms with Gasteiger partial charge in [0.1, 0.15) is 6.54 Å². The van der Waals surface area contributed by atoms with Crippen molar-refractivity contribution in [2.24, 2.45) is 5.73 Å². The van der Waals surface area contributed by atoms with Crippen LogP contribution in [-0.2, 0) is 14.4 Å². The highest BCUT2D eigenvalue weighted by Gasteiger charge is 2.47. The first-order valence-electron chi connectivity index (χ1n) is 5.53. The number of hydrogen-bond donors (Lipinski definition) is 4. The van der Waals surface area contributed by atoms with Gasteiger partial charge in [-0.3, -0.25) is 14.4 Å². The number of amides is 2. The van der Waals surface area contributed by atoms with Crippen molar-refractivity contribution < 1.29 is 28.3 Å². The lowest BCUT2D eigenvalue weighted by Crippen LogP contribution is -2.63. The van der Waals surface area contributed by atoms with Crippen LogP contribution in [0.5, 0.6) is 0 Å². The fourth-order valence-corrected chi connectivity index (χ4v) is 1.50. The molecule has 7 nitrogen and oxygen atoms in total. The molecule has 0 aromatic heterocycles. The van der Waals surface area contributed by atoms with Crippen LogP contribution in [0.4, 0.5) is 8.78 Å². The molecule has 0 aliphatic carbocycles. The summed E-state index contributed by atoms with van der Waals surface area (Å²) >= 11 is 0. The Balaban J connectivity index is 5.11. The fourth-order valence-electron chi connectivity index (χ4n) is 1.50. The SMILES string of the molecule is CC(=O)NC(CCCN)(C(=O)NCC(=O)O)C(F)F. The molecule has 9 heteroatoms. The molecule has 5 N–H and O–H groups in total. The summed E-state index contributed by atoms with van der Waals surface area (Å²) in [6.45, 7) is 0.236. The lowest BCUT2D eigenvalue weighted by molar-refractivity contribution is -0.144. The number of nitrogens with one attached hydrogen (secondary N) is 2. The molecule has 19 heavy (non-hydrogen) atoms. The van der Waals surface area contributed by atoms with Gasteiger partial charge in [0.25, 0.3) is 12.3 Å². The zero-order valence-corrected chi connectivity index (χ0v) is 10.4. The van der Waals surface area contributed by atoms with E-state index in [-0.39, 0.29) is 19.4 Å². The van der Waals surface area contributed by atoms with Crippen LogP contribution in [0.3, 0.4) is 0 Å². The second-order valence-electron chi connectivity index (χ2n) is 3.92. The van der Waals surface area contributed by atoms with Gasteiger partial charge >= 0.3 is 5.97 Å². The Morgan fingerprint density at radius 1 is 1.37 bits per heavy atom. The highest BCUT2D eigenvalue weighted by Crippen LogP contribution is 2.22. The molecule has 0 fully saturated rings. The van der Waals surface area contributed by atoms with Gasteiger partial charge in [-0.15, -0.1) is 0 Å². The molecule has 0 aromatic rings. The van der Waals surface area contributed by atoms with Gasteiger partial charge in [0.05, 0.1) is 0 Å². The maximum atomic E-state index is 13.1. The summed E-state index contributed by atoms with van der Waals surface area (Å²) < 4.78 is 26.3. The van der Waals surface area contributed by atoms with Gasteiger partial charge in [-0.05, 0) is 19.4 Å². The molecule has 1 unspecified atom stereocenters. The molecule has 1 atom stereocenters. The summed E-state index contributed by atoms with van der Waals surface area (Å²) in [5.74, 6) is -3.44. The summed E-state index contributed by atoms with van der Waals surface area (Å²) in [5, 5.41) is 12.2. The predicted octanol–water partition coefficient (Wildman–Crippen LogP) is -0.934. The molecule has 0 saturated carbocycles. The molecular weight excluding hydrogens is 264 g/mol. The Hall–Kier alpha value is -1.77. The van der Waals surface area contributed by atoms with Crippen molar-refractivity contribution in [3.63, 3.8) is 0 Å². The van der Waals surface area contributed by atoms with Crippen LogP contribution in [0.25, 0.3) is 0 Å². The van der Waals surface area contributed by atoms with E-state index < -0.39 is 36.3 Å². The first-order valence-corrected chi connectivity index (χ1v) is 5.53. The Bertz CT molecular complexity index is 352. The van der Waals surface area contributed by atoms with Crippen LogP contribution in [-0.4, -0.2) is 47.9 Å². The van der Waals surface area contributed by atoms with Crippen LogP contribution < -0.4 is 16.4 Å². The molecule has 0 spiro atoms. The van der Waals surface area contributed by atoms with E-state index in [1.54, 1.807) is 0 Å². The number of nitrogens with two attached hydrogens (primary N) is 1. The normalized spacial score (nSPS) is 13.7. The molecule has 2 amide bonds. The topological polar surface area (TPSA) is 122 Å². The average molecular weight is 281 g/mol. The lowest BCUT2D eigenvalue weighted by Gasteiger charge is -2.32. The fraction of sp³-hybridized carbons (Fsp3) is 0.700. The van der Waals surface area contributed by atoms with E-state index in [1.165, 1.54) is 0 Å². The number of halogens is 2. The molecule has 0 aromatic carbocycles. The van der Waals surface area contributed by atoms with Gasteiger partial charge < -0.3 is 21.5 Å². The van der Waals surface area contributed by atoms with E-state index in [2.05, 4.69) is 0 Å². The van der Waals surface area contributed by atoms with E-state index in [1.807, 2.05) is 10.6 Å². The molecular formula is C10H17F2N3O4. The summed E-state index contributed by atoms with van der Waals surface area (Å²) in [7, 11) is 0. The van der Waals surface area contributed by atoms with Crippen molar-refractivity contribution in [1.82, 2.24) is 10.6 Å². The highest BCUT2D eigenvalue weighted by atomic mass is 19.3. The summed E-state index contributed by atoms with van der Waals surface area (Å²) in [5.41, 5.74) is 2.75. The first-order chi connectivity index (χ1) is 8.76. The Morgan fingerprint density at radius 3 is 2.32 bits per heavy atom. The quantitative estimate of drug-likeness (QED) is 0.458. The van der Waals surface area contributed by atoms with Crippen LogP contribution in [0.1, 0.15) is 19.8 Å². The number of rotatable bonds is 8. The van der Waals surface area contributed by atoms with Gasteiger partial charge in [0, 0.05) is 6.92 Å². The van der Waals surface area contributed by atoms with Crippen molar-refractivity contribution in [3.05, 3.63) is 0 Å². The molecule has 0 saturated heterocycles. The number of hydrogen-bond acceptors (Lipinski definition) is 4. The predicted molar refractivity (Wildman–Crippen MR) is 61.5 cm³/mol. The minimum Gasteiger partial charge on any atom is -0.480 e. The molecule has 0 bridgehead atoms. The lowest BCUT2D eigenvalue weighted by atomic mass is 9.92. The Morgan fingerprint density at radius 2 is 1.95 bits per heavy atom. The van der Waals surface area contributed by atoms with Crippen LogP contribution in [0, 0.1) is 0 Å². The number of carbonyl (C=O) groups is 3. The van der Waals surface area contributed by atoms with Gasteiger partial charge in [-0.1, -0.05) is 0 Å². The number of carboxylic acid groups (broad SMARTS) is 1. The zero-order valence-electron chi connectivity index (χ0n) is 10.4. The third-order valence-electron chi connectivity index (χ3n) is 2.35. The van der Waals surface area contributed by atoms with Gasteiger partial charge in [-0.2, -0.15) is 0 Å². The zero-order chi connectivity index (χ0) is 15.1.